The normalized spacial score (nSPS) is 10.9. The first kappa shape index (κ1) is 21.3. The number of amides is 2. The predicted octanol–water partition coefficient (Wildman–Crippen LogP) is 5.86. The summed E-state index contributed by atoms with van der Waals surface area (Å²) in [5, 5.41) is 10.0. The number of anilines is 2. The maximum atomic E-state index is 13.9. The third-order valence-corrected chi connectivity index (χ3v) is 5.38. The maximum Gasteiger partial charge on any atom is 0.324 e. The SMILES string of the molecule is Cc1cccc(NC(=O)Nc2cc(-c3c(-c4ccc(F)c(C)c4)nc4cccnn34)ccn2)c1. The van der Waals surface area contributed by atoms with E-state index in [9.17, 15) is 9.18 Å². The number of carbonyl (C=O) groups excluding carboxylic acids is 1. The molecule has 8 heteroatoms. The van der Waals surface area contributed by atoms with Gasteiger partial charge in [-0.3, -0.25) is 5.32 Å². The van der Waals surface area contributed by atoms with Crippen LogP contribution in [-0.4, -0.2) is 25.6 Å². The summed E-state index contributed by atoms with van der Waals surface area (Å²) in [6.45, 7) is 3.67. The second-order valence-corrected chi connectivity index (χ2v) is 7.95. The van der Waals surface area contributed by atoms with Crippen LogP contribution in [0.2, 0.25) is 0 Å². The molecule has 0 saturated heterocycles. The molecule has 2 aromatic carbocycles. The molecule has 0 aliphatic heterocycles. The minimum Gasteiger partial charge on any atom is -0.308 e. The molecule has 0 fully saturated rings. The molecule has 0 unspecified atom stereocenters. The van der Waals surface area contributed by atoms with E-state index in [4.69, 9.17) is 4.98 Å². The lowest BCUT2D eigenvalue weighted by Gasteiger charge is -2.10. The van der Waals surface area contributed by atoms with Crippen molar-refractivity contribution in [3.63, 3.8) is 0 Å². The highest BCUT2D eigenvalue weighted by Gasteiger charge is 2.18. The van der Waals surface area contributed by atoms with Gasteiger partial charge in [-0.2, -0.15) is 5.10 Å². The Balaban J connectivity index is 1.52. The number of hydrogen-bond donors (Lipinski definition) is 2. The molecular formula is C26H21FN6O. The van der Waals surface area contributed by atoms with E-state index in [1.807, 2.05) is 43.3 Å². The van der Waals surface area contributed by atoms with E-state index < -0.39 is 6.03 Å². The molecule has 0 aliphatic rings. The van der Waals surface area contributed by atoms with E-state index in [-0.39, 0.29) is 5.82 Å². The van der Waals surface area contributed by atoms with Gasteiger partial charge in [0, 0.05) is 29.2 Å². The summed E-state index contributed by atoms with van der Waals surface area (Å²) in [7, 11) is 0. The molecule has 3 aromatic heterocycles. The van der Waals surface area contributed by atoms with Gasteiger partial charge in [-0.25, -0.2) is 23.7 Å². The first-order chi connectivity index (χ1) is 16.5. The minimum absolute atomic E-state index is 0.276. The second kappa shape index (κ2) is 8.74. The van der Waals surface area contributed by atoms with E-state index in [0.29, 0.717) is 34.1 Å². The lowest BCUT2D eigenvalue weighted by atomic mass is 10.0. The number of aryl methyl sites for hydroxylation is 2. The first-order valence-electron chi connectivity index (χ1n) is 10.7. The molecule has 2 N–H and O–H groups in total. The van der Waals surface area contributed by atoms with Crippen LogP contribution in [0.1, 0.15) is 11.1 Å². The van der Waals surface area contributed by atoms with Crippen LogP contribution in [0.4, 0.5) is 20.7 Å². The third-order valence-electron chi connectivity index (χ3n) is 5.38. The van der Waals surface area contributed by atoms with Gasteiger partial charge >= 0.3 is 6.03 Å². The van der Waals surface area contributed by atoms with Crippen molar-refractivity contribution in [2.75, 3.05) is 10.6 Å². The summed E-state index contributed by atoms with van der Waals surface area (Å²) >= 11 is 0. The van der Waals surface area contributed by atoms with Crippen molar-refractivity contribution >= 4 is 23.2 Å². The summed E-state index contributed by atoms with van der Waals surface area (Å²) in [4.78, 5) is 21.6. The van der Waals surface area contributed by atoms with E-state index >= 15 is 0 Å². The average molecular weight is 452 g/mol. The van der Waals surface area contributed by atoms with Gasteiger partial charge in [-0.1, -0.05) is 12.1 Å². The quantitative estimate of drug-likeness (QED) is 0.358. The molecular weight excluding hydrogens is 431 g/mol. The average Bonchev–Trinajstić information content (AvgIpc) is 3.20. The zero-order valence-corrected chi connectivity index (χ0v) is 18.6. The molecule has 7 nitrogen and oxygen atoms in total. The Morgan fingerprint density at radius 2 is 1.79 bits per heavy atom. The fourth-order valence-corrected chi connectivity index (χ4v) is 3.79. The zero-order valence-electron chi connectivity index (χ0n) is 18.6. The van der Waals surface area contributed by atoms with E-state index in [0.717, 1.165) is 16.7 Å². The van der Waals surface area contributed by atoms with Gasteiger partial charge in [-0.05, 0) is 79.6 Å². The molecule has 0 aliphatic carbocycles. The van der Waals surface area contributed by atoms with Gasteiger partial charge in [-0.15, -0.1) is 0 Å². The molecule has 168 valence electrons. The summed E-state index contributed by atoms with van der Waals surface area (Å²) in [6, 6.07) is 19.3. The molecule has 0 atom stereocenters. The topological polar surface area (TPSA) is 84.2 Å². The number of nitrogens with zero attached hydrogens (tertiary/aromatic N) is 4. The van der Waals surface area contributed by atoms with Crippen molar-refractivity contribution in [3.8, 4) is 22.5 Å². The number of imidazole rings is 1. The molecule has 5 aromatic rings. The summed E-state index contributed by atoms with van der Waals surface area (Å²) in [5.41, 5.74) is 5.80. The maximum absolute atomic E-state index is 13.9. The number of halogens is 1. The molecule has 34 heavy (non-hydrogen) atoms. The number of hydrogen-bond acceptors (Lipinski definition) is 4. The van der Waals surface area contributed by atoms with Crippen LogP contribution in [0.5, 0.6) is 0 Å². The Morgan fingerprint density at radius 3 is 2.62 bits per heavy atom. The molecule has 0 bridgehead atoms. The van der Waals surface area contributed by atoms with Crippen LogP contribution < -0.4 is 10.6 Å². The second-order valence-electron chi connectivity index (χ2n) is 7.95. The number of fused-ring (bicyclic) bond motifs is 1. The standard InChI is InChI=1S/C26H21FN6O/c1-16-5-3-6-20(13-16)30-26(34)31-22-15-19(10-12-28-22)25-24(18-8-9-21(27)17(2)14-18)32-23-7-4-11-29-33(23)25/h3-15H,1-2H3,(H2,28,30,31,34). The lowest BCUT2D eigenvalue weighted by molar-refractivity contribution is 0.262. The molecule has 0 saturated carbocycles. The molecule has 0 radical (unpaired) electrons. The van der Waals surface area contributed by atoms with Gasteiger partial charge in [0.2, 0.25) is 0 Å². The molecule has 2 amide bonds. The predicted molar refractivity (Wildman–Crippen MR) is 130 cm³/mol. The number of carbonyl (C=O) groups is 1. The third kappa shape index (κ3) is 4.21. The molecule has 5 rings (SSSR count). The van der Waals surface area contributed by atoms with Crippen molar-refractivity contribution in [1.82, 2.24) is 19.6 Å². The van der Waals surface area contributed by atoms with Crippen molar-refractivity contribution in [2.45, 2.75) is 13.8 Å². The van der Waals surface area contributed by atoms with E-state index in [1.54, 1.807) is 48.1 Å². The van der Waals surface area contributed by atoms with Crippen LogP contribution in [0.15, 0.2) is 79.1 Å². The van der Waals surface area contributed by atoms with Crippen LogP contribution in [-0.2, 0) is 0 Å². The number of pyridine rings is 1. The van der Waals surface area contributed by atoms with Gasteiger partial charge in [0.05, 0.1) is 5.69 Å². The van der Waals surface area contributed by atoms with Crippen molar-refractivity contribution < 1.29 is 9.18 Å². The monoisotopic (exact) mass is 452 g/mol. The first-order valence-corrected chi connectivity index (χ1v) is 10.7. The Kier molecular flexibility index (Phi) is 5.47. The highest BCUT2D eigenvalue weighted by molar-refractivity contribution is 5.99. The highest BCUT2D eigenvalue weighted by Crippen LogP contribution is 2.33. The Labute approximate surface area is 195 Å². The number of urea groups is 1. The Bertz CT molecular complexity index is 1530. The van der Waals surface area contributed by atoms with Gasteiger partial charge in [0.25, 0.3) is 0 Å². The van der Waals surface area contributed by atoms with Crippen LogP contribution in [0.3, 0.4) is 0 Å². The summed E-state index contributed by atoms with van der Waals surface area (Å²) in [5.74, 6) is 0.0944. The van der Waals surface area contributed by atoms with Crippen LogP contribution in [0, 0.1) is 19.7 Å². The Hall–Kier alpha value is -4.59. The lowest BCUT2D eigenvalue weighted by Crippen LogP contribution is -2.20. The largest absolute Gasteiger partial charge is 0.324 e. The number of aromatic nitrogens is 4. The van der Waals surface area contributed by atoms with Crippen molar-refractivity contribution in [1.29, 1.82) is 0 Å². The summed E-state index contributed by atoms with van der Waals surface area (Å²) in [6.07, 6.45) is 3.28. The van der Waals surface area contributed by atoms with E-state index in [2.05, 4.69) is 20.7 Å². The molecule has 0 spiro atoms. The van der Waals surface area contributed by atoms with Crippen molar-refractivity contribution in [2.24, 2.45) is 0 Å². The van der Waals surface area contributed by atoms with Crippen LogP contribution in [0.25, 0.3) is 28.2 Å². The van der Waals surface area contributed by atoms with E-state index in [1.165, 1.54) is 6.07 Å². The fraction of sp³-hybridized carbons (Fsp3) is 0.0769. The van der Waals surface area contributed by atoms with Gasteiger partial charge in [0.15, 0.2) is 5.65 Å². The summed E-state index contributed by atoms with van der Waals surface area (Å²) < 4.78 is 15.6. The minimum atomic E-state index is -0.402. The Morgan fingerprint density at radius 1 is 0.912 bits per heavy atom. The zero-order chi connectivity index (χ0) is 23.7. The smallest absolute Gasteiger partial charge is 0.308 e. The van der Waals surface area contributed by atoms with Gasteiger partial charge in [0.1, 0.15) is 17.3 Å². The number of benzene rings is 2. The number of nitrogens with one attached hydrogen (secondary N) is 2. The highest BCUT2D eigenvalue weighted by atomic mass is 19.1. The molecule has 3 heterocycles. The number of rotatable bonds is 4. The van der Waals surface area contributed by atoms with Gasteiger partial charge < -0.3 is 5.32 Å². The van der Waals surface area contributed by atoms with Crippen LogP contribution >= 0.6 is 0 Å². The fourth-order valence-electron chi connectivity index (χ4n) is 3.79. The van der Waals surface area contributed by atoms with Crippen molar-refractivity contribution in [3.05, 3.63) is 96.1 Å².